The van der Waals surface area contributed by atoms with E-state index in [1.54, 1.807) is 15.8 Å². The molecule has 1 aromatic carbocycles. The van der Waals surface area contributed by atoms with Crippen LogP contribution in [0.15, 0.2) is 36.7 Å². The number of amides is 1. The Bertz CT molecular complexity index is 789. The number of carboxylic acid groups (broad SMARTS) is 1. The van der Waals surface area contributed by atoms with Crippen molar-refractivity contribution in [2.45, 2.75) is 19.9 Å². The molecule has 1 saturated heterocycles. The minimum Gasteiger partial charge on any atom is -0.481 e. The molecule has 0 saturated carbocycles. The Morgan fingerprint density at radius 2 is 2.08 bits per heavy atom. The Hall–Kier alpha value is -2.34. The van der Waals surface area contributed by atoms with Gasteiger partial charge in [-0.05, 0) is 24.0 Å². The van der Waals surface area contributed by atoms with Crippen molar-refractivity contribution in [3.8, 4) is 0 Å². The lowest BCUT2D eigenvalue weighted by molar-refractivity contribution is -0.143. The summed E-state index contributed by atoms with van der Waals surface area (Å²) >= 11 is 6.16. The van der Waals surface area contributed by atoms with Crippen LogP contribution in [0.1, 0.15) is 29.3 Å². The number of rotatable bonds is 4. The van der Waals surface area contributed by atoms with Crippen molar-refractivity contribution in [1.29, 1.82) is 0 Å². The molecular weight excluding hydrogens is 342 g/mol. The van der Waals surface area contributed by atoms with Crippen LogP contribution in [-0.4, -0.2) is 44.8 Å². The van der Waals surface area contributed by atoms with Gasteiger partial charge in [0.1, 0.15) is 0 Å². The predicted octanol–water partition coefficient (Wildman–Crippen LogP) is 2.77. The molecule has 1 aromatic heterocycles. The van der Waals surface area contributed by atoms with E-state index < -0.39 is 11.9 Å². The van der Waals surface area contributed by atoms with Crippen molar-refractivity contribution in [3.63, 3.8) is 0 Å². The van der Waals surface area contributed by atoms with Gasteiger partial charge in [0.05, 0.1) is 24.2 Å². The fraction of sp³-hybridized carbons (Fsp3) is 0.389. The summed E-state index contributed by atoms with van der Waals surface area (Å²) in [6, 6.07) is 7.49. The smallest absolute Gasteiger partial charge is 0.308 e. The molecule has 1 fully saturated rings. The van der Waals surface area contributed by atoms with Gasteiger partial charge in [0.25, 0.3) is 5.91 Å². The summed E-state index contributed by atoms with van der Waals surface area (Å²) in [5.74, 6) is -1.37. The van der Waals surface area contributed by atoms with Crippen LogP contribution in [0.25, 0.3) is 0 Å². The van der Waals surface area contributed by atoms with Crippen molar-refractivity contribution in [2.24, 2.45) is 11.8 Å². The number of carbonyl (C=O) groups is 2. The zero-order valence-corrected chi connectivity index (χ0v) is 14.7. The molecule has 1 aliphatic rings. The molecule has 0 bridgehead atoms. The normalized spacial score (nSPS) is 20.5. The zero-order valence-electron chi connectivity index (χ0n) is 13.9. The summed E-state index contributed by atoms with van der Waals surface area (Å²) in [4.78, 5) is 25.6. The quantitative estimate of drug-likeness (QED) is 0.908. The van der Waals surface area contributed by atoms with Gasteiger partial charge in [-0.3, -0.25) is 14.3 Å². The molecule has 2 atom stereocenters. The molecule has 2 heterocycles. The van der Waals surface area contributed by atoms with Gasteiger partial charge < -0.3 is 10.0 Å². The lowest BCUT2D eigenvalue weighted by Gasteiger charge is -2.34. The number of hydrogen-bond donors (Lipinski definition) is 1. The van der Waals surface area contributed by atoms with Crippen LogP contribution in [0.5, 0.6) is 0 Å². The van der Waals surface area contributed by atoms with E-state index in [0.29, 0.717) is 30.1 Å². The van der Waals surface area contributed by atoms with E-state index in [2.05, 4.69) is 5.10 Å². The lowest BCUT2D eigenvalue weighted by Crippen LogP contribution is -2.45. The first-order valence-electron chi connectivity index (χ1n) is 8.22. The summed E-state index contributed by atoms with van der Waals surface area (Å²) in [5.41, 5.74) is 1.38. The Kier molecular flexibility index (Phi) is 5.08. The molecule has 1 amide bonds. The van der Waals surface area contributed by atoms with Crippen LogP contribution in [0.3, 0.4) is 0 Å². The maximum absolute atomic E-state index is 12.7. The molecule has 132 valence electrons. The first kappa shape index (κ1) is 17.5. The van der Waals surface area contributed by atoms with E-state index in [-0.39, 0.29) is 18.4 Å². The second-order valence-corrected chi connectivity index (χ2v) is 7.01. The summed E-state index contributed by atoms with van der Waals surface area (Å²) in [6.07, 6.45) is 3.81. The number of aliphatic carboxylic acids is 1. The van der Waals surface area contributed by atoms with E-state index in [9.17, 15) is 14.7 Å². The average Bonchev–Trinajstić information content (AvgIpc) is 3.04. The molecule has 0 aliphatic carbocycles. The van der Waals surface area contributed by atoms with E-state index in [0.717, 1.165) is 5.56 Å². The molecule has 1 N–H and O–H groups in total. The van der Waals surface area contributed by atoms with Gasteiger partial charge in [0.2, 0.25) is 0 Å². The van der Waals surface area contributed by atoms with Crippen LogP contribution < -0.4 is 0 Å². The molecule has 7 heteroatoms. The number of piperidine rings is 1. The van der Waals surface area contributed by atoms with Gasteiger partial charge in [0.15, 0.2) is 0 Å². The first-order chi connectivity index (χ1) is 11.9. The molecule has 3 rings (SSSR count). The van der Waals surface area contributed by atoms with Crippen molar-refractivity contribution >= 4 is 23.5 Å². The maximum atomic E-state index is 12.7. The standard InChI is InChI=1S/C18H20ClN3O3/c1-12-6-14(18(24)25)9-21(8-12)17(23)15-7-20-22(11-15)10-13-4-2-3-5-16(13)19/h2-5,7,11-12,14H,6,8-10H2,1H3,(H,24,25). The highest BCUT2D eigenvalue weighted by Crippen LogP contribution is 2.23. The Morgan fingerprint density at radius 1 is 1.32 bits per heavy atom. The molecule has 0 spiro atoms. The van der Waals surface area contributed by atoms with Crippen LogP contribution in [0, 0.1) is 11.8 Å². The van der Waals surface area contributed by atoms with Crippen molar-refractivity contribution < 1.29 is 14.7 Å². The minimum absolute atomic E-state index is 0.164. The summed E-state index contributed by atoms with van der Waals surface area (Å²) in [7, 11) is 0. The van der Waals surface area contributed by atoms with Gasteiger partial charge >= 0.3 is 5.97 Å². The van der Waals surface area contributed by atoms with E-state index in [4.69, 9.17) is 11.6 Å². The van der Waals surface area contributed by atoms with Crippen molar-refractivity contribution in [3.05, 3.63) is 52.8 Å². The molecule has 25 heavy (non-hydrogen) atoms. The van der Waals surface area contributed by atoms with Crippen LogP contribution in [-0.2, 0) is 11.3 Å². The summed E-state index contributed by atoms with van der Waals surface area (Å²) < 4.78 is 1.66. The second kappa shape index (κ2) is 7.27. The van der Waals surface area contributed by atoms with Gasteiger partial charge in [-0.15, -0.1) is 0 Å². The van der Waals surface area contributed by atoms with Crippen molar-refractivity contribution in [2.75, 3.05) is 13.1 Å². The molecule has 2 aromatic rings. The SMILES string of the molecule is CC1CC(C(=O)O)CN(C(=O)c2cnn(Cc3ccccc3Cl)c2)C1. The second-order valence-electron chi connectivity index (χ2n) is 6.60. The third-order valence-electron chi connectivity index (χ3n) is 4.47. The number of aromatic nitrogens is 2. The fourth-order valence-electron chi connectivity index (χ4n) is 3.24. The van der Waals surface area contributed by atoms with Crippen LogP contribution >= 0.6 is 11.6 Å². The third kappa shape index (κ3) is 4.02. The fourth-order valence-corrected chi connectivity index (χ4v) is 3.44. The number of halogens is 1. The third-order valence-corrected chi connectivity index (χ3v) is 4.84. The average molecular weight is 362 g/mol. The van der Waals surface area contributed by atoms with Gasteiger partial charge in [-0.1, -0.05) is 36.7 Å². The number of benzene rings is 1. The highest BCUT2D eigenvalue weighted by molar-refractivity contribution is 6.31. The van der Waals surface area contributed by atoms with Crippen molar-refractivity contribution in [1.82, 2.24) is 14.7 Å². The van der Waals surface area contributed by atoms with E-state index in [1.165, 1.54) is 6.20 Å². The molecular formula is C18H20ClN3O3. The zero-order chi connectivity index (χ0) is 18.0. The highest BCUT2D eigenvalue weighted by atomic mass is 35.5. The monoisotopic (exact) mass is 361 g/mol. The topological polar surface area (TPSA) is 75.4 Å². The largest absolute Gasteiger partial charge is 0.481 e. The van der Waals surface area contributed by atoms with Crippen LogP contribution in [0.2, 0.25) is 5.02 Å². The Balaban J connectivity index is 1.72. The number of nitrogens with zero attached hydrogens (tertiary/aromatic N) is 3. The number of carbonyl (C=O) groups excluding carboxylic acids is 1. The Morgan fingerprint density at radius 3 is 2.80 bits per heavy atom. The number of likely N-dealkylation sites (tertiary alicyclic amines) is 1. The lowest BCUT2D eigenvalue weighted by atomic mass is 9.90. The number of carboxylic acids is 1. The summed E-state index contributed by atoms with van der Waals surface area (Å²) in [6.45, 7) is 3.25. The van der Waals surface area contributed by atoms with Gasteiger partial charge in [0, 0.05) is 24.3 Å². The molecule has 2 unspecified atom stereocenters. The van der Waals surface area contributed by atoms with E-state index in [1.807, 2.05) is 31.2 Å². The van der Waals surface area contributed by atoms with Crippen LogP contribution in [0.4, 0.5) is 0 Å². The van der Waals surface area contributed by atoms with E-state index >= 15 is 0 Å². The number of hydrogen-bond acceptors (Lipinski definition) is 3. The first-order valence-corrected chi connectivity index (χ1v) is 8.59. The molecule has 6 nitrogen and oxygen atoms in total. The maximum Gasteiger partial charge on any atom is 0.308 e. The highest BCUT2D eigenvalue weighted by Gasteiger charge is 2.32. The molecule has 1 aliphatic heterocycles. The van der Waals surface area contributed by atoms with Gasteiger partial charge in [-0.2, -0.15) is 5.10 Å². The Labute approximate surface area is 151 Å². The predicted molar refractivity (Wildman–Crippen MR) is 93.6 cm³/mol. The minimum atomic E-state index is -0.848. The summed E-state index contributed by atoms with van der Waals surface area (Å²) in [5, 5.41) is 14.1. The van der Waals surface area contributed by atoms with Gasteiger partial charge in [-0.25, -0.2) is 0 Å². The molecule has 0 radical (unpaired) electrons.